The zero-order valence-corrected chi connectivity index (χ0v) is 17.3. The molecule has 1 N–H and O–H groups in total. The first-order valence-corrected chi connectivity index (χ1v) is 10.8. The van der Waals surface area contributed by atoms with Crippen molar-refractivity contribution in [1.29, 1.82) is 0 Å². The summed E-state index contributed by atoms with van der Waals surface area (Å²) in [6, 6.07) is 0. The van der Waals surface area contributed by atoms with Gasteiger partial charge in [0.1, 0.15) is 12.2 Å². The molecule has 0 aromatic heterocycles. The largest absolute Gasteiger partial charge is 0.462 e. The molecule has 28 heavy (non-hydrogen) atoms. The van der Waals surface area contributed by atoms with E-state index in [2.05, 4.69) is 25.2 Å². The van der Waals surface area contributed by atoms with Crippen molar-refractivity contribution in [2.24, 2.45) is 23.7 Å². The molecule has 0 aromatic carbocycles. The minimum Gasteiger partial charge on any atom is -0.462 e. The number of allylic oxidation sites excluding steroid dienone is 3. The van der Waals surface area contributed by atoms with Gasteiger partial charge in [-0.3, -0.25) is 9.59 Å². The average Bonchev–Trinajstić information content (AvgIpc) is 2.66. The Morgan fingerprint density at radius 3 is 2.89 bits per heavy atom. The number of hydrogen-bond donors (Lipinski definition) is 1. The van der Waals surface area contributed by atoms with E-state index in [0.717, 1.165) is 32.1 Å². The van der Waals surface area contributed by atoms with E-state index < -0.39 is 6.10 Å². The summed E-state index contributed by atoms with van der Waals surface area (Å²) in [4.78, 5) is 24.1. The van der Waals surface area contributed by atoms with E-state index in [1.54, 1.807) is 0 Å². The Morgan fingerprint density at radius 2 is 2.18 bits per heavy atom. The molecule has 3 aliphatic rings. The smallest absolute Gasteiger partial charge is 0.308 e. The summed E-state index contributed by atoms with van der Waals surface area (Å²) in [6.45, 7) is 6.14. The van der Waals surface area contributed by atoms with Crippen LogP contribution in [0.3, 0.4) is 0 Å². The van der Waals surface area contributed by atoms with Gasteiger partial charge in [0.15, 0.2) is 0 Å². The van der Waals surface area contributed by atoms with Crippen molar-refractivity contribution in [1.82, 2.24) is 0 Å². The molecule has 5 heteroatoms. The predicted molar refractivity (Wildman–Crippen MR) is 106 cm³/mol. The third kappa shape index (κ3) is 4.86. The molecule has 156 valence electrons. The van der Waals surface area contributed by atoms with Crippen LogP contribution in [0.4, 0.5) is 0 Å². The third-order valence-electron chi connectivity index (χ3n) is 6.69. The number of carbonyl (C=O) groups excluding carboxylic acids is 2. The molecule has 0 aromatic rings. The Kier molecular flexibility index (Phi) is 6.97. The zero-order valence-electron chi connectivity index (χ0n) is 17.3. The number of aliphatic hydroxyl groups excluding tert-OH is 1. The lowest BCUT2D eigenvalue weighted by Crippen LogP contribution is -2.40. The zero-order chi connectivity index (χ0) is 20.3. The number of ether oxygens (including phenoxy) is 2. The fourth-order valence-electron chi connectivity index (χ4n) is 4.80. The predicted octanol–water partition coefficient (Wildman–Crippen LogP) is 3.95. The molecule has 0 amide bonds. The Bertz CT molecular complexity index is 637. The molecule has 0 radical (unpaired) electrons. The second-order valence-electron chi connectivity index (χ2n) is 8.76. The summed E-state index contributed by atoms with van der Waals surface area (Å²) in [5.74, 6) is 0.426. The van der Waals surface area contributed by atoms with Crippen LogP contribution < -0.4 is 0 Å². The highest BCUT2D eigenvalue weighted by atomic mass is 16.5. The normalized spacial score (nSPS) is 36.1. The Morgan fingerprint density at radius 1 is 1.39 bits per heavy atom. The number of esters is 2. The molecular formula is C23H34O5. The minimum atomic E-state index is -0.593. The van der Waals surface area contributed by atoms with E-state index in [1.807, 2.05) is 13.8 Å². The molecule has 1 heterocycles. The fraction of sp³-hybridized carbons (Fsp3) is 0.739. The maximum atomic E-state index is 12.4. The van der Waals surface area contributed by atoms with Gasteiger partial charge in [0.25, 0.3) is 0 Å². The molecule has 2 aliphatic carbocycles. The van der Waals surface area contributed by atoms with Gasteiger partial charge in [0.2, 0.25) is 0 Å². The molecule has 1 saturated heterocycles. The van der Waals surface area contributed by atoms with Gasteiger partial charge in [0.05, 0.1) is 18.4 Å². The molecule has 3 rings (SSSR count). The van der Waals surface area contributed by atoms with Crippen molar-refractivity contribution < 1.29 is 24.2 Å². The number of fused-ring (bicyclic) bond motifs is 1. The highest BCUT2D eigenvalue weighted by molar-refractivity contribution is 5.72. The van der Waals surface area contributed by atoms with E-state index in [0.29, 0.717) is 18.3 Å². The van der Waals surface area contributed by atoms with E-state index in [1.165, 1.54) is 5.57 Å². The molecule has 5 nitrogen and oxygen atoms in total. The van der Waals surface area contributed by atoms with Crippen LogP contribution in [0.5, 0.6) is 0 Å². The number of aliphatic hydroxyl groups is 1. The highest BCUT2D eigenvalue weighted by Gasteiger charge is 2.40. The lowest BCUT2D eigenvalue weighted by molar-refractivity contribution is -0.162. The van der Waals surface area contributed by atoms with Crippen LogP contribution in [-0.2, 0) is 19.1 Å². The second kappa shape index (κ2) is 9.25. The SMILES string of the molecule is CC[C@H](C)C(=O)O[C@H]1CCC=C2C=C[C@H](C)[C@H](CC[C@H]3C[C@@H](O)CC(=O)O3)[C@@H]21. The number of rotatable bonds is 6. The molecule has 1 fully saturated rings. The van der Waals surface area contributed by atoms with Crippen molar-refractivity contribution in [3.05, 3.63) is 23.8 Å². The highest BCUT2D eigenvalue weighted by Crippen LogP contribution is 2.44. The fourth-order valence-corrected chi connectivity index (χ4v) is 4.80. The van der Waals surface area contributed by atoms with Gasteiger partial charge in [-0.1, -0.05) is 39.0 Å². The van der Waals surface area contributed by atoms with Crippen LogP contribution in [-0.4, -0.2) is 35.4 Å². The topological polar surface area (TPSA) is 72.8 Å². The van der Waals surface area contributed by atoms with Crippen LogP contribution in [0.2, 0.25) is 0 Å². The van der Waals surface area contributed by atoms with Gasteiger partial charge < -0.3 is 14.6 Å². The summed E-state index contributed by atoms with van der Waals surface area (Å²) in [5.41, 5.74) is 1.27. The summed E-state index contributed by atoms with van der Waals surface area (Å²) < 4.78 is 11.4. The van der Waals surface area contributed by atoms with Crippen molar-refractivity contribution in [3.63, 3.8) is 0 Å². The van der Waals surface area contributed by atoms with E-state index in [9.17, 15) is 14.7 Å². The standard InChI is InChI=1S/C23H34O5/c1-4-14(2)23(26)28-20-7-5-6-16-9-8-15(3)19(22(16)20)11-10-18-12-17(24)13-21(25)27-18/h6,8-9,14-15,17-20,22,24H,4-5,7,10-13H2,1-3H3/t14-,15-,17+,18-,19-,20-,22+/m0/s1. The van der Waals surface area contributed by atoms with Gasteiger partial charge in [0, 0.05) is 12.3 Å². The van der Waals surface area contributed by atoms with Crippen molar-refractivity contribution in [2.75, 3.05) is 0 Å². The second-order valence-corrected chi connectivity index (χ2v) is 8.76. The van der Waals surface area contributed by atoms with Crippen molar-refractivity contribution in [2.45, 2.75) is 84.0 Å². The Labute approximate surface area is 168 Å². The first-order valence-electron chi connectivity index (χ1n) is 10.8. The molecule has 0 bridgehead atoms. The minimum absolute atomic E-state index is 0.0764. The molecule has 0 saturated carbocycles. The average molecular weight is 391 g/mol. The number of cyclic esters (lactones) is 1. The first-order chi connectivity index (χ1) is 13.4. The van der Waals surface area contributed by atoms with Gasteiger partial charge >= 0.3 is 11.9 Å². The van der Waals surface area contributed by atoms with E-state index in [4.69, 9.17) is 9.47 Å². The summed E-state index contributed by atoms with van der Waals surface area (Å²) in [7, 11) is 0. The summed E-state index contributed by atoms with van der Waals surface area (Å²) in [5, 5.41) is 9.86. The van der Waals surface area contributed by atoms with E-state index in [-0.39, 0.29) is 42.4 Å². The van der Waals surface area contributed by atoms with Crippen LogP contribution in [0.15, 0.2) is 23.8 Å². The molecular weight excluding hydrogens is 356 g/mol. The Hall–Kier alpha value is -1.62. The summed E-state index contributed by atoms with van der Waals surface area (Å²) in [6.07, 6.45) is 10.6. The quantitative estimate of drug-likeness (QED) is 0.695. The monoisotopic (exact) mass is 390 g/mol. The van der Waals surface area contributed by atoms with Gasteiger partial charge in [-0.2, -0.15) is 0 Å². The summed E-state index contributed by atoms with van der Waals surface area (Å²) >= 11 is 0. The molecule has 1 aliphatic heterocycles. The maximum Gasteiger partial charge on any atom is 0.308 e. The van der Waals surface area contributed by atoms with Gasteiger partial charge in [-0.25, -0.2) is 0 Å². The van der Waals surface area contributed by atoms with Crippen LogP contribution in [0.25, 0.3) is 0 Å². The number of carbonyl (C=O) groups is 2. The van der Waals surface area contributed by atoms with Gasteiger partial charge in [-0.05, 0) is 49.5 Å². The Balaban J connectivity index is 1.70. The van der Waals surface area contributed by atoms with E-state index >= 15 is 0 Å². The lowest BCUT2D eigenvalue weighted by Gasteiger charge is -2.42. The third-order valence-corrected chi connectivity index (χ3v) is 6.69. The lowest BCUT2D eigenvalue weighted by atomic mass is 9.66. The van der Waals surface area contributed by atoms with Gasteiger partial charge in [-0.15, -0.1) is 0 Å². The molecule has 0 unspecified atom stereocenters. The molecule has 7 atom stereocenters. The van der Waals surface area contributed by atoms with Crippen LogP contribution in [0.1, 0.15) is 65.7 Å². The first kappa shape index (κ1) is 21.1. The molecule has 0 spiro atoms. The number of hydrogen-bond acceptors (Lipinski definition) is 5. The maximum absolute atomic E-state index is 12.4. The van der Waals surface area contributed by atoms with Crippen molar-refractivity contribution in [3.8, 4) is 0 Å². The van der Waals surface area contributed by atoms with Crippen LogP contribution >= 0.6 is 0 Å². The van der Waals surface area contributed by atoms with Crippen LogP contribution in [0, 0.1) is 23.7 Å². The van der Waals surface area contributed by atoms with Crippen molar-refractivity contribution >= 4 is 11.9 Å².